The van der Waals surface area contributed by atoms with Crippen molar-refractivity contribution in [2.75, 3.05) is 0 Å². The number of hydrogen-bond donors (Lipinski definition) is 4. The Morgan fingerprint density at radius 2 is 2.00 bits per heavy atom. The zero-order valence-electron chi connectivity index (χ0n) is 5.55. The zero-order chi connectivity index (χ0) is 8.85. The Bertz CT molecular complexity index is 207. The van der Waals surface area contributed by atoms with E-state index in [-0.39, 0.29) is 6.42 Å². The van der Waals surface area contributed by atoms with Gasteiger partial charge in [0.2, 0.25) is 5.91 Å². The highest BCUT2D eigenvalue weighted by Crippen LogP contribution is 1.98. The number of nitrogens with one attached hydrogen (secondary N) is 3. The predicted octanol–water partition coefficient (Wildman–Crippen LogP) is -1.29. The molecule has 0 aromatic heterocycles. The van der Waals surface area contributed by atoms with E-state index >= 15 is 0 Å². The molecule has 1 heterocycles. The van der Waals surface area contributed by atoms with Crippen LogP contribution in [0.4, 0.5) is 0 Å². The monoisotopic (exact) mass is 157 g/mol. The molecule has 0 spiro atoms. The molecule has 1 saturated heterocycles. The van der Waals surface area contributed by atoms with Gasteiger partial charge in [-0.3, -0.25) is 14.9 Å². The number of aliphatic hydroxyl groups excluding tert-OH is 1. The molecule has 60 valence electrons. The zero-order valence-corrected chi connectivity index (χ0v) is 5.55. The molecule has 6 heteroatoms. The normalized spacial score (nSPS) is 21.4. The highest BCUT2D eigenvalue weighted by Gasteiger charge is 2.27. The highest BCUT2D eigenvalue weighted by atomic mass is 16.3. The minimum Gasteiger partial charge on any atom is -0.383 e. The highest BCUT2D eigenvalue weighted by molar-refractivity contribution is 6.04. The fourth-order valence-corrected chi connectivity index (χ4v) is 0.540. The van der Waals surface area contributed by atoms with Crippen LogP contribution < -0.4 is 5.32 Å². The van der Waals surface area contributed by atoms with Gasteiger partial charge in [-0.25, -0.2) is 10.8 Å². The summed E-state index contributed by atoms with van der Waals surface area (Å²) in [5.74, 6) is -0.988. The van der Waals surface area contributed by atoms with Crippen LogP contribution in [0, 0.1) is 10.8 Å². The first-order valence-corrected chi connectivity index (χ1v) is 2.72. The van der Waals surface area contributed by atoms with E-state index in [0.717, 1.165) is 0 Å². The molecule has 1 unspecified atom stereocenters. The Hall–Kier alpha value is -1.52. The van der Waals surface area contributed by atoms with Crippen LogP contribution >= 0.6 is 0 Å². The molecule has 1 atom stereocenters. The van der Waals surface area contributed by atoms with E-state index in [2.05, 4.69) is 0 Å². The molecule has 11 heavy (non-hydrogen) atoms. The quantitative estimate of drug-likeness (QED) is 0.259. The fraction of sp³-hybridized carbons (Fsp3) is 0.400. The van der Waals surface area contributed by atoms with Crippen LogP contribution in [0.15, 0.2) is 0 Å². The molecule has 1 fully saturated rings. The number of aliphatic hydroxyl groups is 1. The lowest BCUT2D eigenvalue weighted by atomic mass is 10.3. The average Bonchev–Trinajstić information content (AvgIpc) is 2.12. The first kappa shape index (κ1) is 9.48. The van der Waals surface area contributed by atoms with E-state index in [1.54, 1.807) is 0 Å². The summed E-state index contributed by atoms with van der Waals surface area (Å²) >= 11 is 0. The molecule has 1 aliphatic heterocycles. The van der Waals surface area contributed by atoms with E-state index < -0.39 is 17.9 Å². The van der Waals surface area contributed by atoms with Crippen molar-refractivity contribution >= 4 is 17.8 Å². The third-order valence-electron chi connectivity index (χ3n) is 0.944. The summed E-state index contributed by atoms with van der Waals surface area (Å²) in [4.78, 5) is 20.4. The molecule has 2 amide bonds. The SMILES string of the molecule is N=C=N.O=C1CC(O)C(=O)N1. The van der Waals surface area contributed by atoms with E-state index in [4.69, 9.17) is 15.9 Å². The maximum absolute atomic E-state index is 10.2. The maximum Gasteiger partial charge on any atom is 0.255 e. The number of carbonyl (C=O) groups excluding carboxylic acids is 2. The van der Waals surface area contributed by atoms with Gasteiger partial charge in [0.1, 0.15) is 6.10 Å². The van der Waals surface area contributed by atoms with Gasteiger partial charge in [-0.05, 0) is 0 Å². The van der Waals surface area contributed by atoms with Gasteiger partial charge in [-0.2, -0.15) is 0 Å². The van der Waals surface area contributed by atoms with Crippen molar-refractivity contribution in [3.8, 4) is 0 Å². The van der Waals surface area contributed by atoms with E-state index in [1.807, 2.05) is 5.32 Å². The third-order valence-corrected chi connectivity index (χ3v) is 0.944. The van der Waals surface area contributed by atoms with Crippen LogP contribution in [0.25, 0.3) is 0 Å². The average molecular weight is 157 g/mol. The van der Waals surface area contributed by atoms with Crippen molar-refractivity contribution in [1.29, 1.82) is 10.8 Å². The van der Waals surface area contributed by atoms with E-state index in [1.165, 1.54) is 6.01 Å². The second-order valence-electron chi connectivity index (χ2n) is 1.76. The van der Waals surface area contributed by atoms with Crippen molar-refractivity contribution in [1.82, 2.24) is 5.32 Å². The summed E-state index contributed by atoms with van der Waals surface area (Å²) in [6.45, 7) is 0. The number of rotatable bonds is 0. The van der Waals surface area contributed by atoms with Gasteiger partial charge in [0.25, 0.3) is 5.91 Å². The molecule has 0 radical (unpaired) electrons. The second-order valence-corrected chi connectivity index (χ2v) is 1.76. The summed E-state index contributed by atoms with van der Waals surface area (Å²) in [6.07, 6.45) is -1.19. The summed E-state index contributed by atoms with van der Waals surface area (Å²) in [7, 11) is 0. The lowest BCUT2D eigenvalue weighted by molar-refractivity contribution is -0.127. The Balaban J connectivity index is 0.000000292. The molecule has 0 bridgehead atoms. The van der Waals surface area contributed by atoms with Gasteiger partial charge in [-0.1, -0.05) is 0 Å². The van der Waals surface area contributed by atoms with Crippen molar-refractivity contribution in [3.05, 3.63) is 0 Å². The van der Waals surface area contributed by atoms with Crippen LogP contribution in [0.2, 0.25) is 0 Å². The predicted molar refractivity (Wildman–Crippen MR) is 34.2 cm³/mol. The maximum atomic E-state index is 10.2. The molecule has 0 aliphatic carbocycles. The molecule has 1 rings (SSSR count). The molecular weight excluding hydrogens is 150 g/mol. The Kier molecular flexibility index (Phi) is 3.72. The van der Waals surface area contributed by atoms with Crippen molar-refractivity contribution < 1.29 is 14.7 Å². The number of amides is 2. The van der Waals surface area contributed by atoms with Crippen LogP contribution in [-0.2, 0) is 9.59 Å². The Morgan fingerprint density at radius 3 is 2.09 bits per heavy atom. The summed E-state index contributed by atoms with van der Waals surface area (Å²) < 4.78 is 0. The minimum atomic E-state index is -1.11. The first-order valence-electron chi connectivity index (χ1n) is 2.72. The van der Waals surface area contributed by atoms with Gasteiger partial charge < -0.3 is 5.11 Å². The van der Waals surface area contributed by atoms with Crippen molar-refractivity contribution in [2.45, 2.75) is 12.5 Å². The van der Waals surface area contributed by atoms with Gasteiger partial charge in [0.15, 0.2) is 0 Å². The molecular formula is C5H7N3O3. The fourth-order valence-electron chi connectivity index (χ4n) is 0.540. The minimum absolute atomic E-state index is 0.0845. The molecule has 0 saturated carbocycles. The van der Waals surface area contributed by atoms with E-state index in [9.17, 15) is 9.59 Å². The van der Waals surface area contributed by atoms with Crippen molar-refractivity contribution in [2.24, 2.45) is 0 Å². The number of imide groups is 1. The lowest BCUT2D eigenvalue weighted by Crippen LogP contribution is -2.24. The lowest BCUT2D eigenvalue weighted by Gasteiger charge is -1.88. The van der Waals surface area contributed by atoms with Gasteiger partial charge in [0.05, 0.1) is 12.4 Å². The van der Waals surface area contributed by atoms with Crippen LogP contribution in [0.3, 0.4) is 0 Å². The van der Waals surface area contributed by atoms with Crippen molar-refractivity contribution in [3.63, 3.8) is 0 Å². The van der Waals surface area contributed by atoms with E-state index in [0.29, 0.717) is 0 Å². The van der Waals surface area contributed by atoms with Gasteiger partial charge >= 0.3 is 0 Å². The second kappa shape index (κ2) is 4.32. The summed E-state index contributed by atoms with van der Waals surface area (Å²) in [5, 5.41) is 21.7. The van der Waals surface area contributed by atoms with Gasteiger partial charge in [0, 0.05) is 0 Å². The van der Waals surface area contributed by atoms with Crippen LogP contribution in [0.1, 0.15) is 6.42 Å². The van der Waals surface area contributed by atoms with Gasteiger partial charge in [-0.15, -0.1) is 0 Å². The molecule has 0 aromatic carbocycles. The first-order chi connectivity index (χ1) is 5.11. The largest absolute Gasteiger partial charge is 0.383 e. The van der Waals surface area contributed by atoms with Crippen LogP contribution in [0.5, 0.6) is 0 Å². The number of hydrogen-bond acceptors (Lipinski definition) is 5. The number of carbonyl (C=O) groups is 2. The Morgan fingerprint density at radius 1 is 1.55 bits per heavy atom. The Labute approximate surface area is 62.2 Å². The van der Waals surface area contributed by atoms with Crippen LogP contribution in [-0.4, -0.2) is 29.0 Å². The molecule has 0 aromatic rings. The topological polar surface area (TPSA) is 114 Å². The molecule has 6 nitrogen and oxygen atoms in total. The third kappa shape index (κ3) is 3.24. The standard InChI is InChI=1S/C4H5NO3.CH2N2/c6-2-1-3(7)5-4(2)8;2-1-3/h2,6H,1H2,(H,5,7,8);2-3H. The summed E-state index contributed by atoms with van der Waals surface area (Å²) in [5.41, 5.74) is 0. The smallest absolute Gasteiger partial charge is 0.255 e. The summed E-state index contributed by atoms with van der Waals surface area (Å²) in [6, 6.07) is 1.25. The molecule has 4 N–H and O–H groups in total. The molecule has 1 aliphatic rings.